The van der Waals surface area contributed by atoms with Crippen LogP contribution in [0.1, 0.15) is 104 Å². The van der Waals surface area contributed by atoms with E-state index in [4.69, 9.17) is 60.6 Å². The molecule has 1 aliphatic carbocycles. The van der Waals surface area contributed by atoms with Gasteiger partial charge < -0.3 is 54.9 Å². The third-order valence-electron chi connectivity index (χ3n) is 21.0. The van der Waals surface area contributed by atoms with Crippen LogP contribution in [-0.4, -0.2) is 315 Å². The number of carbonyl (C=O) groups excluding carboxylic acids is 3. The van der Waals surface area contributed by atoms with Crippen LogP contribution >= 0.6 is 46.4 Å². The number of rotatable bonds is 13. The number of fused-ring (bicyclic) bond motifs is 1. The summed E-state index contributed by atoms with van der Waals surface area (Å²) in [6.07, 6.45) is 5.31. The number of likely N-dealkylation sites (N-methyl/N-ethyl adjacent to an activating group) is 1. The number of benzene rings is 4. The molecule has 1 saturated carbocycles. The highest BCUT2D eigenvalue weighted by Crippen LogP contribution is 2.35. The van der Waals surface area contributed by atoms with E-state index < -0.39 is 5.60 Å². The largest absolute Gasteiger partial charge is 0.444 e. The fraction of sp³-hybridized carbons (Fsp3) is 0.646. The Hall–Kier alpha value is -4.51. The van der Waals surface area contributed by atoms with Gasteiger partial charge in [-0.1, -0.05) is 128 Å². The van der Waals surface area contributed by atoms with Crippen LogP contribution in [0.25, 0.3) is 0 Å². The summed E-state index contributed by atoms with van der Waals surface area (Å²) < 4.78 is 15.6. The van der Waals surface area contributed by atoms with Crippen molar-refractivity contribution >= 4 is 72.8 Å². The first-order valence-corrected chi connectivity index (χ1v) is 40.4. The molecular weight excluding hydrogens is 1450 g/mol. The minimum Gasteiger partial charge on any atom is -0.444 e. The molecule has 108 heavy (non-hydrogen) atoms. The van der Waals surface area contributed by atoms with E-state index in [0.717, 1.165) is 184 Å². The van der Waals surface area contributed by atoms with E-state index in [1.165, 1.54) is 22.3 Å². The zero-order chi connectivity index (χ0) is 77.0. The number of hydrogen-bond acceptors (Lipinski definition) is 19. The molecule has 9 aliphatic heterocycles. The summed E-state index contributed by atoms with van der Waals surface area (Å²) in [6.45, 7) is 44.5. The van der Waals surface area contributed by atoms with Gasteiger partial charge >= 0.3 is 12.2 Å². The zero-order valence-electron chi connectivity index (χ0n) is 65.9. The first kappa shape index (κ1) is 89.1. The minimum absolute atomic E-state index is 0. The fourth-order valence-corrected chi connectivity index (χ4v) is 15.6. The van der Waals surface area contributed by atoms with Crippen molar-refractivity contribution in [3.63, 3.8) is 0 Å². The van der Waals surface area contributed by atoms with E-state index in [-0.39, 0.29) is 74.1 Å². The highest BCUT2D eigenvalue weighted by Gasteiger charge is 2.50. The molecule has 0 aromatic heterocycles. The van der Waals surface area contributed by atoms with E-state index in [0.29, 0.717) is 56.9 Å². The maximum atomic E-state index is 12.6. The maximum absolute atomic E-state index is 12.6. The third kappa shape index (κ3) is 30.4. The van der Waals surface area contributed by atoms with Crippen molar-refractivity contribution < 1.29 is 43.9 Å². The van der Waals surface area contributed by atoms with Crippen molar-refractivity contribution in [1.29, 1.82) is 0 Å². The average Bonchev–Trinajstić information content (AvgIpc) is 1.63. The zero-order valence-corrected chi connectivity index (χ0v) is 68.9. The number of carbonyl (C=O) groups is 3. The second-order valence-corrected chi connectivity index (χ2v) is 35.3. The maximum Gasteiger partial charge on any atom is 0.410 e. The Morgan fingerprint density at radius 1 is 0.444 bits per heavy atom. The Morgan fingerprint density at radius 2 is 0.815 bits per heavy atom. The second kappa shape index (κ2) is 42.6. The smallest absolute Gasteiger partial charge is 0.410 e. The van der Waals surface area contributed by atoms with Gasteiger partial charge in [-0.25, -0.2) is 9.59 Å². The topological polar surface area (TPSA) is 199 Å². The molecule has 9 fully saturated rings. The molecule has 21 nitrogen and oxygen atoms in total. The van der Waals surface area contributed by atoms with Crippen LogP contribution < -0.4 is 10.6 Å². The number of ketones is 1. The van der Waals surface area contributed by atoms with Gasteiger partial charge in [-0.05, 0) is 138 Å². The normalized spacial score (nSPS) is 26.0. The van der Waals surface area contributed by atoms with Crippen molar-refractivity contribution in [1.82, 2.24) is 59.6 Å². The van der Waals surface area contributed by atoms with E-state index in [1.54, 1.807) is 9.80 Å². The van der Waals surface area contributed by atoms with Crippen molar-refractivity contribution in [3.05, 3.63) is 152 Å². The number of ether oxygens (including phenoxy) is 3. The van der Waals surface area contributed by atoms with Crippen LogP contribution in [-0.2, 0) is 45.2 Å². The molecule has 9 heterocycles. The third-order valence-corrected chi connectivity index (χ3v) is 22.0. The van der Waals surface area contributed by atoms with Crippen LogP contribution in [0.3, 0.4) is 0 Å². The summed E-state index contributed by atoms with van der Waals surface area (Å²) in [5.74, 6) is 0.349. The molecule has 4 aromatic carbocycles. The monoisotopic (exact) mass is 1570 g/mol. The molecule has 6 unspecified atom stereocenters. The number of epoxide rings is 1. The van der Waals surface area contributed by atoms with Crippen LogP contribution in [0, 0.1) is 11.3 Å². The summed E-state index contributed by atoms with van der Waals surface area (Å²) >= 11 is 23.6. The van der Waals surface area contributed by atoms with Gasteiger partial charge in [-0.3, -0.25) is 39.1 Å². The quantitative estimate of drug-likeness (QED) is 0.0481. The minimum atomic E-state index is -0.398. The number of hydrogen-bond donors (Lipinski definition) is 5. The van der Waals surface area contributed by atoms with Gasteiger partial charge in [0, 0.05) is 229 Å². The highest BCUT2D eigenvalue weighted by molar-refractivity contribution is 6.31. The number of aliphatic hydroxyl groups is 3. The van der Waals surface area contributed by atoms with Crippen molar-refractivity contribution in [2.45, 2.75) is 168 Å². The summed E-state index contributed by atoms with van der Waals surface area (Å²) in [7, 11) is 2.08. The average molecular weight is 1570 g/mol. The van der Waals surface area contributed by atoms with Gasteiger partial charge in [0.25, 0.3) is 0 Å². The lowest BCUT2D eigenvalue weighted by Gasteiger charge is -2.39. The Bertz CT molecular complexity index is 3340. The number of piperazine rings is 4. The number of amides is 2. The molecule has 14 rings (SSSR count). The lowest BCUT2D eigenvalue weighted by molar-refractivity contribution is -0.124. The number of likely N-dealkylation sites (tertiary alicyclic amines) is 2. The number of β-amino-alcohol motifs (C(OH)–C–C–N with tert-alkyl or cyclic N) is 2. The number of nitrogens with zero attached hydrogens (tertiary/aromatic N) is 10. The van der Waals surface area contributed by atoms with Crippen LogP contribution in [0.5, 0.6) is 0 Å². The molecule has 9 atom stereocenters. The number of aliphatic hydroxyl groups excluding tert-OH is 3. The molecule has 4 aromatic rings. The van der Waals surface area contributed by atoms with E-state index >= 15 is 0 Å². The first-order valence-electron chi connectivity index (χ1n) is 38.9. The molecule has 3 radical (unpaired) electrons. The van der Waals surface area contributed by atoms with Gasteiger partial charge in [-0.2, -0.15) is 0 Å². The second-order valence-electron chi connectivity index (χ2n) is 33.6. The number of morpholine rings is 1. The molecule has 10 aliphatic rings. The summed E-state index contributed by atoms with van der Waals surface area (Å²) in [5.41, 5.74) is 4.48. The van der Waals surface area contributed by atoms with Gasteiger partial charge in [0.2, 0.25) is 0 Å². The van der Waals surface area contributed by atoms with Crippen molar-refractivity contribution in [2.24, 2.45) is 11.3 Å². The number of halogens is 4. The SMILES string of the molecule is CC(C)(C)CC(=O)C1CC(N2CCN(Cc3ccc(Cl)cc3)CC2)[C@@H](O)C1.CC(C)(C)OC(=O)N1CC2OC2C1.CC(C)(C)OC(=O)N1CC=CC1.CN1CC(N2CCN(Cc3ccc(Cl)cc3)CC2)[C@@H](O)C1.Clc1ccc(CN2CCNCC2)cc1.O[C@H]1CNCC1N1CCN(Cc2ccc(Cl)cc2)CC1.[B]. The molecule has 0 spiro atoms. The number of nitrogens with one attached hydrogen (secondary N) is 2. The molecule has 0 bridgehead atoms. The Kier molecular flexibility index (Phi) is 35.1. The number of Topliss-reactive ketones (excluding diaryl/α,β-unsaturated/α-hetero) is 1. The van der Waals surface area contributed by atoms with E-state index in [2.05, 4.69) is 126 Å². The molecule has 597 valence electrons. The first-order chi connectivity index (χ1) is 50.8. The van der Waals surface area contributed by atoms with Crippen molar-refractivity contribution in [3.8, 4) is 0 Å². The van der Waals surface area contributed by atoms with Crippen LogP contribution in [0.4, 0.5) is 9.59 Å². The van der Waals surface area contributed by atoms with Gasteiger partial charge in [0.15, 0.2) is 0 Å². The summed E-state index contributed by atoms with van der Waals surface area (Å²) in [5, 5.41) is 40.4. The molecule has 8 saturated heterocycles. The van der Waals surface area contributed by atoms with Gasteiger partial charge in [0.1, 0.15) is 29.2 Å². The van der Waals surface area contributed by atoms with Gasteiger partial charge in [0.05, 0.1) is 31.4 Å². The highest BCUT2D eigenvalue weighted by atomic mass is 35.5. The Morgan fingerprint density at radius 3 is 1.17 bits per heavy atom. The molecule has 2 amide bonds. The predicted octanol–water partition coefficient (Wildman–Crippen LogP) is 9.69. The van der Waals surface area contributed by atoms with Gasteiger partial charge in [-0.15, -0.1) is 0 Å². The summed E-state index contributed by atoms with van der Waals surface area (Å²) in [4.78, 5) is 58.1. The predicted molar refractivity (Wildman–Crippen MR) is 435 cm³/mol. The standard InChI is InChI=1S/C22H33ClN2O2.C16H24ClN3O.C15H22ClN3O.C11H15ClN2.C9H15NO3.C9H15NO2.B/c1-22(2,3)14-21(27)17-12-19(20(26)13-17)25-10-8-24(9-11-25)15-16-4-6-18(23)7-5-16;1-18-11-15(16(21)12-18)20-8-6-19(7-9-20)10-13-2-4-14(17)5-3-13;16-13-3-1-12(2-4-13)11-18-5-7-19(8-6-18)14-9-17-10-15(14)20;12-11-3-1-10(2-4-11)9-14-7-5-13-6-8-14;1-9(2,3)13-8(11)10-4-6-7(5-10)12-6;1-9(2,3)12-8(11)10-6-4-5-7-10;/h4-7,17,19-20,26H,8-15H2,1-3H3;2-5,15-16,21H,6-12H2,1H3;1-4,14-15,17,20H,5-11H2;1-4,13H,5-9H2;6-7H,4-5H2,1-3H3;4-5H,6-7H2,1-3H3;/t17?,19?,20-;15?,16-;14?,15-;;;;/m000..../s1. The van der Waals surface area contributed by atoms with E-state index in [1.807, 2.05) is 102 Å². The Balaban J connectivity index is 0.000000167. The lowest BCUT2D eigenvalue weighted by atomic mass is 9.85. The van der Waals surface area contributed by atoms with Crippen molar-refractivity contribution in [2.75, 3.05) is 164 Å². The fourth-order valence-electron chi connectivity index (χ4n) is 15.1. The van der Waals surface area contributed by atoms with Crippen LogP contribution in [0.2, 0.25) is 20.1 Å². The molecule has 26 heteroatoms. The van der Waals surface area contributed by atoms with E-state index in [9.17, 15) is 29.7 Å². The van der Waals surface area contributed by atoms with Crippen LogP contribution in [0.15, 0.2) is 109 Å². The molecule has 5 N–H and O–H groups in total. The summed E-state index contributed by atoms with van der Waals surface area (Å²) in [6, 6.07) is 33.1. The lowest BCUT2D eigenvalue weighted by Crippen LogP contribution is -2.53. The molecular formula is C82H124BCl4N12O9. The Labute approximate surface area is 666 Å².